The molecule has 1 N–H and O–H groups in total. The van der Waals surface area contributed by atoms with Gasteiger partial charge in [0.1, 0.15) is 0 Å². The van der Waals surface area contributed by atoms with E-state index in [9.17, 15) is 5.11 Å². The third-order valence-corrected chi connectivity index (χ3v) is 2.94. The van der Waals surface area contributed by atoms with Crippen LogP contribution in [0.25, 0.3) is 5.69 Å². The Morgan fingerprint density at radius 2 is 2.06 bits per heavy atom. The Hall–Kier alpha value is -1.13. The number of aromatic nitrogens is 2. The lowest BCUT2D eigenvalue weighted by atomic mass is 10.2. The molecule has 0 aliphatic rings. The number of rotatable bonds is 2. The summed E-state index contributed by atoms with van der Waals surface area (Å²) in [7, 11) is 0. The van der Waals surface area contributed by atoms with E-state index in [0.717, 1.165) is 27.1 Å². The van der Waals surface area contributed by atoms with Gasteiger partial charge in [-0.15, -0.1) is 0 Å². The lowest BCUT2D eigenvalue weighted by Crippen LogP contribution is -2.03. The molecule has 2 aromatic rings. The average Bonchev–Trinajstić information content (AvgIpc) is 2.57. The van der Waals surface area contributed by atoms with Gasteiger partial charge >= 0.3 is 0 Å². The molecular formula is C12H13BrN2O. The second-order valence-electron chi connectivity index (χ2n) is 3.77. The fourth-order valence-corrected chi connectivity index (χ4v) is 2.17. The fourth-order valence-electron chi connectivity index (χ4n) is 1.76. The van der Waals surface area contributed by atoms with Gasteiger partial charge in [0.15, 0.2) is 0 Å². The number of benzene rings is 1. The lowest BCUT2D eigenvalue weighted by Gasteiger charge is -2.09. The molecule has 1 aromatic carbocycles. The molecule has 0 amide bonds. The summed E-state index contributed by atoms with van der Waals surface area (Å²) in [5.74, 6) is 0. The Morgan fingerprint density at radius 3 is 2.62 bits per heavy atom. The first kappa shape index (κ1) is 11.4. The predicted molar refractivity (Wildman–Crippen MR) is 66.7 cm³/mol. The summed E-state index contributed by atoms with van der Waals surface area (Å²) >= 11 is 3.39. The fraction of sp³-hybridized carbons (Fsp3) is 0.250. The molecule has 0 bridgehead atoms. The van der Waals surface area contributed by atoms with E-state index < -0.39 is 0 Å². The van der Waals surface area contributed by atoms with Crippen LogP contribution in [0.1, 0.15) is 17.0 Å². The molecule has 0 aliphatic heterocycles. The van der Waals surface area contributed by atoms with Gasteiger partial charge in [-0.1, -0.05) is 15.9 Å². The van der Waals surface area contributed by atoms with Gasteiger partial charge in [-0.25, -0.2) is 4.68 Å². The summed E-state index contributed by atoms with van der Waals surface area (Å²) in [6, 6.07) is 7.83. The second-order valence-corrected chi connectivity index (χ2v) is 4.69. The first-order chi connectivity index (χ1) is 7.61. The van der Waals surface area contributed by atoms with Crippen molar-refractivity contribution in [3.05, 3.63) is 45.7 Å². The van der Waals surface area contributed by atoms with Gasteiger partial charge in [0.25, 0.3) is 0 Å². The average molecular weight is 281 g/mol. The quantitative estimate of drug-likeness (QED) is 0.919. The Labute approximate surface area is 103 Å². The van der Waals surface area contributed by atoms with Crippen LogP contribution in [0.2, 0.25) is 0 Å². The van der Waals surface area contributed by atoms with Crippen molar-refractivity contribution in [1.29, 1.82) is 0 Å². The maximum Gasteiger partial charge on any atom is 0.0704 e. The largest absolute Gasteiger partial charge is 0.392 e. The van der Waals surface area contributed by atoms with E-state index >= 15 is 0 Å². The van der Waals surface area contributed by atoms with Crippen molar-refractivity contribution in [2.24, 2.45) is 0 Å². The van der Waals surface area contributed by atoms with Gasteiger partial charge in [-0.2, -0.15) is 5.10 Å². The van der Waals surface area contributed by atoms with Gasteiger partial charge in [-0.05, 0) is 38.1 Å². The van der Waals surface area contributed by atoms with Crippen LogP contribution in [0.3, 0.4) is 0 Å². The second kappa shape index (κ2) is 4.39. The van der Waals surface area contributed by atoms with Crippen molar-refractivity contribution >= 4 is 15.9 Å². The first-order valence-corrected chi connectivity index (χ1v) is 5.84. The first-order valence-electron chi connectivity index (χ1n) is 5.04. The monoisotopic (exact) mass is 280 g/mol. The van der Waals surface area contributed by atoms with Crippen molar-refractivity contribution in [3.8, 4) is 5.69 Å². The van der Waals surface area contributed by atoms with Crippen LogP contribution in [0.5, 0.6) is 0 Å². The molecular weight excluding hydrogens is 268 g/mol. The van der Waals surface area contributed by atoms with Gasteiger partial charge in [0.05, 0.1) is 18.0 Å². The third-order valence-electron chi connectivity index (χ3n) is 2.45. The van der Waals surface area contributed by atoms with Crippen molar-refractivity contribution in [2.45, 2.75) is 20.5 Å². The van der Waals surface area contributed by atoms with Crippen LogP contribution < -0.4 is 0 Å². The zero-order valence-corrected chi connectivity index (χ0v) is 10.8. The molecule has 3 nitrogen and oxygen atoms in total. The summed E-state index contributed by atoms with van der Waals surface area (Å²) in [6.07, 6.45) is 0. The minimum atomic E-state index is 0.00706. The predicted octanol–water partition coefficient (Wildman–Crippen LogP) is 2.74. The number of hydrogen-bond acceptors (Lipinski definition) is 2. The SMILES string of the molecule is Cc1cc(C)n(-c2ccc(Br)cc2CO)n1. The Kier molecular flexibility index (Phi) is 3.12. The minimum absolute atomic E-state index is 0.00706. The third kappa shape index (κ3) is 2.03. The highest BCUT2D eigenvalue weighted by Gasteiger charge is 2.08. The van der Waals surface area contributed by atoms with E-state index in [2.05, 4.69) is 21.0 Å². The molecule has 1 heterocycles. The van der Waals surface area contributed by atoms with Gasteiger partial charge in [0.2, 0.25) is 0 Å². The maximum atomic E-state index is 9.34. The van der Waals surface area contributed by atoms with Crippen LogP contribution in [0, 0.1) is 13.8 Å². The van der Waals surface area contributed by atoms with Gasteiger partial charge < -0.3 is 5.11 Å². The van der Waals surface area contributed by atoms with Crippen molar-refractivity contribution in [2.75, 3.05) is 0 Å². The molecule has 0 unspecified atom stereocenters. The molecule has 4 heteroatoms. The zero-order chi connectivity index (χ0) is 11.7. The van der Waals surface area contributed by atoms with Crippen LogP contribution in [0.15, 0.2) is 28.7 Å². The molecule has 1 aromatic heterocycles. The Bertz CT molecular complexity index is 520. The van der Waals surface area contributed by atoms with Crippen molar-refractivity contribution in [3.63, 3.8) is 0 Å². The minimum Gasteiger partial charge on any atom is -0.392 e. The van der Waals surface area contributed by atoms with Crippen LogP contribution >= 0.6 is 15.9 Å². The number of nitrogens with zero attached hydrogens (tertiary/aromatic N) is 2. The summed E-state index contributed by atoms with van der Waals surface area (Å²) in [5.41, 5.74) is 3.83. The van der Waals surface area contributed by atoms with Crippen molar-refractivity contribution < 1.29 is 5.11 Å². The molecule has 0 saturated carbocycles. The standard InChI is InChI=1S/C12H13BrN2O/c1-8-5-9(2)15(14-8)12-4-3-11(13)6-10(12)7-16/h3-6,16H,7H2,1-2H3. The molecule has 0 aliphatic carbocycles. The number of hydrogen-bond donors (Lipinski definition) is 1. The highest BCUT2D eigenvalue weighted by molar-refractivity contribution is 9.10. The van der Waals surface area contributed by atoms with E-state index in [-0.39, 0.29) is 6.61 Å². The van der Waals surface area contributed by atoms with Gasteiger partial charge in [-0.3, -0.25) is 0 Å². The van der Waals surface area contributed by atoms with Gasteiger partial charge in [0, 0.05) is 15.7 Å². The Morgan fingerprint density at radius 1 is 1.31 bits per heavy atom. The number of aliphatic hydroxyl groups excluding tert-OH is 1. The summed E-state index contributed by atoms with van der Waals surface area (Å²) in [4.78, 5) is 0. The molecule has 16 heavy (non-hydrogen) atoms. The maximum absolute atomic E-state index is 9.34. The van der Waals surface area contributed by atoms with Crippen LogP contribution in [-0.2, 0) is 6.61 Å². The summed E-state index contributed by atoms with van der Waals surface area (Å²) < 4.78 is 2.81. The summed E-state index contributed by atoms with van der Waals surface area (Å²) in [5, 5.41) is 13.7. The topological polar surface area (TPSA) is 38.0 Å². The Balaban J connectivity index is 2.59. The summed E-state index contributed by atoms with van der Waals surface area (Å²) in [6.45, 7) is 3.97. The number of aliphatic hydroxyl groups is 1. The van der Waals surface area contributed by atoms with E-state index in [1.54, 1.807) is 0 Å². The van der Waals surface area contributed by atoms with E-state index in [1.165, 1.54) is 0 Å². The van der Waals surface area contributed by atoms with Crippen LogP contribution in [0.4, 0.5) is 0 Å². The van der Waals surface area contributed by atoms with E-state index in [4.69, 9.17) is 0 Å². The number of aryl methyl sites for hydroxylation is 2. The molecule has 84 valence electrons. The lowest BCUT2D eigenvalue weighted by molar-refractivity contribution is 0.281. The zero-order valence-electron chi connectivity index (χ0n) is 9.24. The smallest absolute Gasteiger partial charge is 0.0704 e. The highest BCUT2D eigenvalue weighted by Crippen LogP contribution is 2.21. The normalized spacial score (nSPS) is 10.8. The molecule has 0 spiro atoms. The highest BCUT2D eigenvalue weighted by atomic mass is 79.9. The molecule has 2 rings (SSSR count). The van der Waals surface area contributed by atoms with Crippen LogP contribution in [-0.4, -0.2) is 14.9 Å². The molecule has 0 atom stereocenters. The van der Waals surface area contributed by atoms with Crippen molar-refractivity contribution in [1.82, 2.24) is 9.78 Å². The van der Waals surface area contributed by atoms with E-state index in [1.807, 2.05) is 42.8 Å². The molecule has 0 radical (unpaired) electrons. The number of halogens is 1. The molecule has 0 fully saturated rings. The molecule has 0 saturated heterocycles. The van der Waals surface area contributed by atoms with E-state index in [0.29, 0.717) is 0 Å².